The number of piperidine rings is 1. The molecule has 1 aliphatic rings. The lowest BCUT2D eigenvalue weighted by atomic mass is 9.96. The van der Waals surface area contributed by atoms with Gasteiger partial charge in [-0.25, -0.2) is 4.98 Å². The fourth-order valence-corrected chi connectivity index (χ4v) is 4.51. The van der Waals surface area contributed by atoms with Gasteiger partial charge < -0.3 is 18.6 Å². The van der Waals surface area contributed by atoms with Gasteiger partial charge in [-0.05, 0) is 50.1 Å². The Bertz CT molecular complexity index is 1530. The van der Waals surface area contributed by atoms with Crippen LogP contribution in [0.15, 0.2) is 58.1 Å². The van der Waals surface area contributed by atoms with Crippen LogP contribution in [0.4, 0.5) is 0 Å². The number of fused-ring (bicyclic) bond motifs is 2. The van der Waals surface area contributed by atoms with Gasteiger partial charge in [-0.3, -0.25) is 24.2 Å². The molecule has 0 aromatic carbocycles. The van der Waals surface area contributed by atoms with Gasteiger partial charge in [-0.15, -0.1) is 0 Å². The van der Waals surface area contributed by atoms with Crippen LogP contribution in [0.3, 0.4) is 0 Å². The Hall–Kier alpha value is -4.21. The van der Waals surface area contributed by atoms with Crippen molar-refractivity contribution >= 4 is 28.6 Å². The summed E-state index contributed by atoms with van der Waals surface area (Å²) in [5.74, 6) is -0.270. The number of carbonyl (C=O) groups is 2. The van der Waals surface area contributed by atoms with Crippen molar-refractivity contribution in [2.45, 2.75) is 26.3 Å². The molecule has 0 unspecified atom stereocenters. The first-order chi connectivity index (χ1) is 17.0. The van der Waals surface area contributed by atoms with Gasteiger partial charge in [0.15, 0.2) is 0 Å². The maximum Gasteiger partial charge on any atom is 0.309 e. The van der Waals surface area contributed by atoms with E-state index in [4.69, 9.17) is 14.6 Å². The van der Waals surface area contributed by atoms with E-state index >= 15 is 0 Å². The molecule has 1 amide bonds. The van der Waals surface area contributed by atoms with Gasteiger partial charge in [0.25, 0.3) is 11.5 Å². The van der Waals surface area contributed by atoms with Crippen LogP contribution in [0.5, 0.6) is 0 Å². The molecule has 0 bridgehead atoms. The molecule has 4 aromatic heterocycles. The maximum atomic E-state index is 13.5. The molecular formula is C25H25N5O5. The highest BCUT2D eigenvalue weighted by Crippen LogP contribution is 2.21. The number of nitrogens with one attached hydrogen (secondary N) is 1. The highest BCUT2D eigenvalue weighted by atomic mass is 16.5. The van der Waals surface area contributed by atoms with Crippen LogP contribution in [0.1, 0.15) is 35.9 Å². The Balaban J connectivity index is 1.58. The van der Waals surface area contributed by atoms with Gasteiger partial charge in [0.1, 0.15) is 22.5 Å². The van der Waals surface area contributed by atoms with Crippen LogP contribution in [0.25, 0.3) is 16.7 Å². The molecule has 10 heteroatoms. The maximum absolute atomic E-state index is 13.5. The predicted octanol–water partition coefficient (Wildman–Crippen LogP) is 2.19. The number of hydrogen-bond acceptors (Lipinski definition) is 7. The molecular weight excluding hydrogens is 450 g/mol. The lowest BCUT2D eigenvalue weighted by Crippen LogP contribution is -2.43. The zero-order valence-corrected chi connectivity index (χ0v) is 19.3. The van der Waals surface area contributed by atoms with Gasteiger partial charge in [0.05, 0.1) is 36.3 Å². The molecule has 180 valence electrons. The summed E-state index contributed by atoms with van der Waals surface area (Å²) >= 11 is 0. The third-order valence-corrected chi connectivity index (χ3v) is 6.34. The van der Waals surface area contributed by atoms with Crippen molar-refractivity contribution in [3.8, 4) is 0 Å². The summed E-state index contributed by atoms with van der Waals surface area (Å²) in [6, 6.07) is 10.2. The number of pyridine rings is 2. The number of esters is 1. The molecule has 4 aromatic rings. The second-order valence-corrected chi connectivity index (χ2v) is 8.47. The molecule has 0 aliphatic carbocycles. The highest BCUT2D eigenvalue weighted by molar-refractivity contribution is 5.97. The number of nitrogens with zero attached hydrogens (tertiary/aromatic N) is 4. The molecule has 5 heterocycles. The summed E-state index contributed by atoms with van der Waals surface area (Å²) in [5, 5.41) is 9.11. The summed E-state index contributed by atoms with van der Waals surface area (Å²) in [7, 11) is 0. The normalized spacial score (nSPS) is 14.5. The van der Waals surface area contributed by atoms with Crippen LogP contribution >= 0.6 is 0 Å². The van der Waals surface area contributed by atoms with Crippen LogP contribution in [0.2, 0.25) is 0 Å². The summed E-state index contributed by atoms with van der Waals surface area (Å²) in [6.45, 7) is 2.97. The zero-order chi connectivity index (χ0) is 24.5. The first-order valence-electron chi connectivity index (χ1n) is 11.6. The van der Waals surface area contributed by atoms with E-state index in [1.165, 1.54) is 21.3 Å². The Morgan fingerprint density at radius 2 is 2.00 bits per heavy atom. The standard InChI is InChI=1S/C25H25N5O5/c1-2-34-25(33)16-8-11-28(12-9-16)23(31)18-14-19-22(27-20-7-3-4-10-29(20)24(19)32)30(21(18)26)15-17-6-5-13-35-17/h3-7,10,13-14,16,26H,2,8-9,11-12,15H2,1H3. The predicted molar refractivity (Wildman–Crippen MR) is 126 cm³/mol. The van der Waals surface area contributed by atoms with E-state index in [1.54, 1.807) is 48.4 Å². The molecule has 0 radical (unpaired) electrons. The number of carbonyl (C=O) groups excluding carboxylic acids is 2. The van der Waals surface area contributed by atoms with Crippen molar-refractivity contribution in [1.82, 2.24) is 18.9 Å². The average molecular weight is 476 g/mol. The van der Waals surface area contributed by atoms with Crippen molar-refractivity contribution in [2.75, 3.05) is 19.7 Å². The Kier molecular flexibility index (Phi) is 5.94. The first-order valence-corrected chi connectivity index (χ1v) is 11.6. The summed E-state index contributed by atoms with van der Waals surface area (Å²) in [4.78, 5) is 45.2. The van der Waals surface area contributed by atoms with Gasteiger partial charge in [0.2, 0.25) is 0 Å². The van der Waals surface area contributed by atoms with Crippen LogP contribution in [-0.4, -0.2) is 50.4 Å². The van der Waals surface area contributed by atoms with Crippen molar-refractivity contribution in [2.24, 2.45) is 5.92 Å². The number of aromatic nitrogens is 3. The second kappa shape index (κ2) is 9.21. The summed E-state index contributed by atoms with van der Waals surface area (Å²) in [5.41, 5.74) is 0.471. The fraction of sp³-hybridized carbons (Fsp3) is 0.320. The molecule has 1 fully saturated rings. The number of ether oxygens (including phenoxy) is 1. The average Bonchev–Trinajstić information content (AvgIpc) is 3.39. The third kappa shape index (κ3) is 4.11. The number of likely N-dealkylation sites (tertiary alicyclic amines) is 1. The van der Waals surface area contributed by atoms with E-state index in [2.05, 4.69) is 4.98 Å². The SMILES string of the molecule is CCOC(=O)C1CCN(C(=O)c2cc3c(=O)n4ccccc4nc3n(Cc3ccco3)c2=N)CC1. The van der Waals surface area contributed by atoms with Crippen molar-refractivity contribution in [3.63, 3.8) is 0 Å². The first kappa shape index (κ1) is 22.6. The smallest absolute Gasteiger partial charge is 0.309 e. The number of hydrogen-bond donors (Lipinski definition) is 1. The van der Waals surface area contributed by atoms with Gasteiger partial charge in [-0.1, -0.05) is 6.07 Å². The molecule has 0 atom stereocenters. The van der Waals surface area contributed by atoms with Crippen LogP contribution < -0.4 is 11.0 Å². The minimum Gasteiger partial charge on any atom is -0.467 e. The van der Waals surface area contributed by atoms with E-state index in [1.807, 2.05) is 0 Å². The third-order valence-electron chi connectivity index (χ3n) is 6.34. The minimum absolute atomic E-state index is 0.0569. The second-order valence-electron chi connectivity index (χ2n) is 8.47. The van der Waals surface area contributed by atoms with Gasteiger partial charge >= 0.3 is 5.97 Å². The van der Waals surface area contributed by atoms with E-state index < -0.39 is 0 Å². The Morgan fingerprint density at radius 1 is 1.20 bits per heavy atom. The molecule has 5 rings (SSSR count). The number of furan rings is 1. The van der Waals surface area contributed by atoms with E-state index in [9.17, 15) is 14.4 Å². The molecule has 1 N–H and O–H groups in total. The van der Waals surface area contributed by atoms with Crippen molar-refractivity contribution in [1.29, 1.82) is 5.41 Å². The lowest BCUT2D eigenvalue weighted by Gasteiger charge is -2.31. The molecule has 1 saturated heterocycles. The largest absolute Gasteiger partial charge is 0.467 e. The van der Waals surface area contributed by atoms with E-state index in [0.717, 1.165) is 0 Å². The monoisotopic (exact) mass is 475 g/mol. The number of amides is 1. The van der Waals surface area contributed by atoms with Gasteiger partial charge in [-0.2, -0.15) is 0 Å². The van der Waals surface area contributed by atoms with Crippen molar-refractivity contribution < 1.29 is 18.7 Å². The molecule has 0 saturated carbocycles. The van der Waals surface area contributed by atoms with E-state index in [-0.39, 0.29) is 46.3 Å². The zero-order valence-electron chi connectivity index (χ0n) is 19.3. The fourth-order valence-electron chi connectivity index (χ4n) is 4.51. The molecule has 10 nitrogen and oxygen atoms in total. The lowest BCUT2D eigenvalue weighted by molar-refractivity contribution is -0.149. The Morgan fingerprint density at radius 3 is 2.71 bits per heavy atom. The molecule has 1 aliphatic heterocycles. The quantitative estimate of drug-likeness (QED) is 0.349. The van der Waals surface area contributed by atoms with E-state index in [0.29, 0.717) is 49.6 Å². The summed E-state index contributed by atoms with van der Waals surface area (Å²) < 4.78 is 13.5. The molecule has 0 spiro atoms. The topological polar surface area (TPSA) is 123 Å². The van der Waals surface area contributed by atoms with Crippen molar-refractivity contribution in [3.05, 3.63) is 76.0 Å². The highest BCUT2D eigenvalue weighted by Gasteiger charge is 2.30. The summed E-state index contributed by atoms with van der Waals surface area (Å²) in [6.07, 6.45) is 4.14. The van der Waals surface area contributed by atoms with Gasteiger partial charge in [0, 0.05) is 19.3 Å². The molecule has 35 heavy (non-hydrogen) atoms. The van der Waals surface area contributed by atoms with Crippen LogP contribution in [0, 0.1) is 11.3 Å². The minimum atomic E-state index is -0.357. The Labute approximate surface area is 199 Å². The van der Waals surface area contributed by atoms with Crippen LogP contribution in [-0.2, 0) is 16.1 Å². The number of rotatable bonds is 5.